The van der Waals surface area contributed by atoms with E-state index in [0.29, 0.717) is 22.7 Å². The molecule has 0 radical (unpaired) electrons. The van der Waals surface area contributed by atoms with Gasteiger partial charge in [0.15, 0.2) is 0 Å². The second-order valence-electron chi connectivity index (χ2n) is 17.8. The van der Waals surface area contributed by atoms with Crippen LogP contribution in [0.5, 0.6) is 0 Å². The number of benzene rings is 3. The summed E-state index contributed by atoms with van der Waals surface area (Å²) in [5.41, 5.74) is 5.72. The number of carbonyl (C=O) groups excluding carboxylic acids is 4. The van der Waals surface area contributed by atoms with Crippen LogP contribution in [0.1, 0.15) is 100 Å². The fourth-order valence-electron chi connectivity index (χ4n) is 9.64. The maximum atomic E-state index is 14.4. The largest absolute Gasteiger partial charge is 0.453 e. The van der Waals surface area contributed by atoms with Gasteiger partial charge in [-0.3, -0.25) is 9.59 Å². The van der Waals surface area contributed by atoms with Gasteiger partial charge < -0.3 is 55.0 Å². The first-order valence-corrected chi connectivity index (χ1v) is 21.8. The SMILES string of the molecule is COC(=O)N[C@H](C(=O)N1C[C@@H](O)C[C@H]1c1nc2cc([C@@H]3CC[C@@H](c4ccc5[nH]c([C@@H]6C[C@H](O)CN6C(=O)[C@@H](NC(=O)OC)C(C)C)nc5c4)N3c3ccc(F)cc3)ccc2[nH]1)C(C)C. The van der Waals surface area contributed by atoms with E-state index in [4.69, 9.17) is 19.4 Å². The summed E-state index contributed by atoms with van der Waals surface area (Å²) >= 11 is 0. The number of H-pyrrole nitrogens is 2. The number of imidazole rings is 2. The average Bonchev–Trinajstić information content (AvgIpc) is 4.12. The molecule has 0 aliphatic carbocycles. The molecular formula is C46H56FN9O8. The van der Waals surface area contributed by atoms with Crippen LogP contribution in [0.2, 0.25) is 0 Å². The molecular weight excluding hydrogens is 826 g/mol. The molecule has 340 valence electrons. The van der Waals surface area contributed by atoms with Gasteiger partial charge in [-0.2, -0.15) is 0 Å². The molecule has 3 fully saturated rings. The minimum Gasteiger partial charge on any atom is -0.453 e. The second kappa shape index (κ2) is 18.1. The number of anilines is 1. The van der Waals surface area contributed by atoms with Crippen molar-refractivity contribution in [2.24, 2.45) is 11.8 Å². The molecule has 64 heavy (non-hydrogen) atoms. The van der Waals surface area contributed by atoms with E-state index in [1.165, 1.54) is 26.4 Å². The number of methoxy groups -OCH3 is 2. The number of amides is 4. The molecule has 0 bridgehead atoms. The summed E-state index contributed by atoms with van der Waals surface area (Å²) in [5, 5.41) is 26.8. The molecule has 0 saturated carbocycles. The third-order valence-corrected chi connectivity index (χ3v) is 12.9. The molecule has 3 aliphatic rings. The summed E-state index contributed by atoms with van der Waals surface area (Å²) in [7, 11) is 2.48. The fourth-order valence-corrected chi connectivity index (χ4v) is 9.64. The van der Waals surface area contributed by atoms with Crippen molar-refractivity contribution in [2.45, 2.75) is 102 Å². The van der Waals surface area contributed by atoms with Crippen LogP contribution in [0, 0.1) is 17.7 Å². The number of β-amino-alcohol motifs (C(OH)–C–C–N with tert-alkyl or cyclic N) is 2. The number of aromatic amines is 2. The molecule has 6 N–H and O–H groups in total. The molecule has 8 rings (SSSR count). The van der Waals surface area contributed by atoms with Crippen molar-refractivity contribution in [1.29, 1.82) is 0 Å². The Morgan fingerprint density at radius 2 is 1.09 bits per heavy atom. The lowest BCUT2D eigenvalue weighted by molar-refractivity contribution is -0.136. The highest BCUT2D eigenvalue weighted by Crippen LogP contribution is 2.48. The van der Waals surface area contributed by atoms with Gasteiger partial charge in [0.25, 0.3) is 0 Å². The number of rotatable bonds is 11. The van der Waals surface area contributed by atoms with Crippen LogP contribution in [-0.2, 0) is 19.1 Å². The van der Waals surface area contributed by atoms with Crippen molar-refractivity contribution in [3.05, 3.63) is 89.3 Å². The van der Waals surface area contributed by atoms with E-state index < -0.39 is 48.6 Å². The number of carbonyl (C=O) groups is 4. The highest BCUT2D eigenvalue weighted by atomic mass is 19.1. The van der Waals surface area contributed by atoms with Crippen molar-refractivity contribution < 1.29 is 43.3 Å². The van der Waals surface area contributed by atoms with Gasteiger partial charge in [-0.15, -0.1) is 0 Å². The molecule has 3 saturated heterocycles. The maximum absolute atomic E-state index is 14.4. The normalized spacial score (nSPS) is 23.3. The molecule has 5 heterocycles. The van der Waals surface area contributed by atoms with Gasteiger partial charge in [0.1, 0.15) is 29.5 Å². The number of aromatic nitrogens is 4. The Morgan fingerprint density at radius 3 is 1.48 bits per heavy atom. The molecule has 2 aromatic heterocycles. The maximum Gasteiger partial charge on any atom is 0.407 e. The summed E-state index contributed by atoms with van der Waals surface area (Å²) in [6.07, 6.45) is -0.888. The molecule has 3 aromatic carbocycles. The standard InChI is InChI=1S/C46H56FN9O8/c1-23(2)39(52-45(61)63-5)43(59)54-21-29(57)19-37(54)41-48-31-13-7-25(17-33(31)50-41)35-15-16-36(56(35)28-11-9-27(47)10-12-28)26-8-14-32-34(18-26)51-42(49-32)38-20-30(58)22-55(38)44(60)40(24(3)4)53-46(62)64-6/h7-14,17-18,23-24,29-30,35-40,57-58H,15-16,19-22H2,1-6H3,(H,48,50)(H,49,51)(H,52,61)(H,53,62)/t29-,30-,35-,36-,37-,38-,39-,40-/m0/s1. The third kappa shape index (κ3) is 8.67. The Bertz CT molecular complexity index is 2380. The fraction of sp³-hybridized carbons (Fsp3) is 0.478. The monoisotopic (exact) mass is 881 g/mol. The lowest BCUT2D eigenvalue weighted by atomic mass is 10.0. The van der Waals surface area contributed by atoms with Crippen LogP contribution < -0.4 is 15.5 Å². The average molecular weight is 882 g/mol. The quantitative estimate of drug-likeness (QED) is 0.0947. The number of halogens is 1. The molecule has 5 aromatic rings. The van der Waals surface area contributed by atoms with Crippen LogP contribution in [0.3, 0.4) is 0 Å². The third-order valence-electron chi connectivity index (χ3n) is 12.9. The summed E-state index contributed by atoms with van der Waals surface area (Å²) in [6.45, 7) is 7.51. The number of nitrogens with one attached hydrogen (secondary N) is 4. The molecule has 0 spiro atoms. The summed E-state index contributed by atoms with van der Waals surface area (Å²) in [4.78, 5) is 74.1. The van der Waals surface area contributed by atoms with E-state index in [2.05, 4.69) is 25.5 Å². The number of nitrogens with zero attached hydrogens (tertiary/aromatic N) is 5. The Morgan fingerprint density at radius 1 is 0.672 bits per heavy atom. The molecule has 8 atom stereocenters. The predicted molar refractivity (Wildman–Crippen MR) is 234 cm³/mol. The van der Waals surface area contributed by atoms with Gasteiger partial charge in [-0.1, -0.05) is 39.8 Å². The Labute approximate surface area is 369 Å². The zero-order valence-electron chi connectivity index (χ0n) is 36.7. The predicted octanol–water partition coefficient (Wildman–Crippen LogP) is 5.69. The van der Waals surface area contributed by atoms with Crippen LogP contribution >= 0.6 is 0 Å². The summed E-state index contributed by atoms with van der Waals surface area (Å²) in [5.74, 6) is -0.432. The number of alkyl carbamates (subject to hydrolysis) is 2. The number of aliphatic hydroxyl groups excluding tert-OH is 2. The van der Waals surface area contributed by atoms with E-state index in [0.717, 1.165) is 40.7 Å². The number of aliphatic hydroxyl groups is 2. The van der Waals surface area contributed by atoms with Gasteiger partial charge in [0.05, 0.1) is 72.7 Å². The van der Waals surface area contributed by atoms with Gasteiger partial charge >= 0.3 is 12.2 Å². The smallest absolute Gasteiger partial charge is 0.407 e. The zero-order chi connectivity index (χ0) is 45.6. The first-order valence-electron chi connectivity index (χ1n) is 21.8. The van der Waals surface area contributed by atoms with Crippen LogP contribution in [0.4, 0.5) is 19.7 Å². The van der Waals surface area contributed by atoms with E-state index >= 15 is 0 Å². The minimum absolute atomic E-state index is 0.0933. The van der Waals surface area contributed by atoms with Crippen LogP contribution in [0.25, 0.3) is 22.1 Å². The molecule has 3 aliphatic heterocycles. The van der Waals surface area contributed by atoms with Crippen molar-refractivity contribution in [3.63, 3.8) is 0 Å². The Hall–Kier alpha value is -6.27. The van der Waals surface area contributed by atoms with Crippen molar-refractivity contribution in [3.8, 4) is 0 Å². The Balaban J connectivity index is 1.07. The highest BCUT2D eigenvalue weighted by Gasteiger charge is 2.43. The number of hydrogen-bond acceptors (Lipinski definition) is 11. The number of hydrogen-bond donors (Lipinski definition) is 6. The van der Waals surface area contributed by atoms with Gasteiger partial charge in [-0.25, -0.2) is 23.9 Å². The lowest BCUT2D eigenvalue weighted by Gasteiger charge is -2.33. The molecule has 17 nitrogen and oxygen atoms in total. The molecule has 18 heteroatoms. The summed E-state index contributed by atoms with van der Waals surface area (Å²) in [6, 6.07) is 15.5. The van der Waals surface area contributed by atoms with Crippen molar-refractivity contribution >= 4 is 51.8 Å². The molecule has 0 unspecified atom stereocenters. The van der Waals surface area contributed by atoms with Crippen molar-refractivity contribution in [1.82, 2.24) is 40.4 Å². The van der Waals surface area contributed by atoms with Gasteiger partial charge in [0.2, 0.25) is 11.8 Å². The highest BCUT2D eigenvalue weighted by molar-refractivity contribution is 5.88. The first kappa shape index (κ1) is 44.3. The first-order chi connectivity index (χ1) is 30.6. The topological polar surface area (TPSA) is 218 Å². The van der Waals surface area contributed by atoms with E-state index in [1.807, 2.05) is 64.1 Å². The van der Waals surface area contributed by atoms with Gasteiger partial charge in [0, 0.05) is 31.6 Å². The second-order valence-corrected chi connectivity index (χ2v) is 17.8. The van der Waals surface area contributed by atoms with E-state index in [-0.39, 0.29) is 67.5 Å². The number of likely N-dealkylation sites (tertiary alicyclic amines) is 2. The van der Waals surface area contributed by atoms with E-state index in [1.54, 1.807) is 21.9 Å². The number of ether oxygens (including phenoxy) is 2. The zero-order valence-corrected chi connectivity index (χ0v) is 36.7. The molecule has 4 amide bonds. The van der Waals surface area contributed by atoms with Gasteiger partial charge in [-0.05, 0) is 84.3 Å². The minimum atomic E-state index is -0.858. The van der Waals surface area contributed by atoms with Crippen molar-refractivity contribution in [2.75, 3.05) is 32.2 Å². The number of fused-ring (bicyclic) bond motifs is 2. The lowest BCUT2D eigenvalue weighted by Crippen LogP contribution is -2.51. The Kier molecular flexibility index (Phi) is 12.5. The van der Waals surface area contributed by atoms with E-state index in [9.17, 15) is 33.8 Å². The van der Waals surface area contributed by atoms with Crippen LogP contribution in [-0.4, -0.2) is 116 Å². The summed E-state index contributed by atoms with van der Waals surface area (Å²) < 4.78 is 23.9. The van der Waals surface area contributed by atoms with Crippen LogP contribution in [0.15, 0.2) is 60.7 Å².